The molecule has 0 aliphatic carbocycles. The van der Waals surface area contributed by atoms with Crippen molar-refractivity contribution < 1.29 is 4.57 Å². The maximum absolute atomic E-state index is 13.6. The van der Waals surface area contributed by atoms with E-state index in [1.165, 1.54) is 0 Å². The summed E-state index contributed by atoms with van der Waals surface area (Å²) in [5.74, 6) is 0. The second kappa shape index (κ2) is 6.92. The van der Waals surface area contributed by atoms with E-state index in [-0.39, 0.29) is 18.4 Å². The third-order valence-corrected chi connectivity index (χ3v) is 34.8. The van der Waals surface area contributed by atoms with Crippen LogP contribution in [0.25, 0.3) is 0 Å². The highest BCUT2D eigenvalue weighted by atomic mass is 32.1. The van der Waals surface area contributed by atoms with Crippen molar-refractivity contribution in [1.82, 2.24) is 0 Å². The van der Waals surface area contributed by atoms with Gasteiger partial charge in [-0.05, 0) is 15.7 Å². The van der Waals surface area contributed by atoms with Gasteiger partial charge in [-0.3, -0.25) is 0 Å². The second-order valence-electron chi connectivity index (χ2n) is 11.6. The minimum absolute atomic E-state index is 0.0951. The van der Waals surface area contributed by atoms with Crippen LogP contribution in [-0.4, -0.2) is 31.9 Å². The van der Waals surface area contributed by atoms with Crippen LogP contribution in [0.5, 0.6) is 0 Å². The Balaban J connectivity index is 3.43. The first-order valence-corrected chi connectivity index (χ1v) is 21.1. The fourth-order valence-electron chi connectivity index (χ4n) is 4.40. The van der Waals surface area contributed by atoms with Crippen molar-refractivity contribution in [2.45, 2.75) is 96.5 Å². The molecule has 138 valence electrons. The predicted octanol–water partition coefficient (Wildman–Crippen LogP) is 7.50. The fraction of sp³-hybridized carbons (Fsp3) is 1.00. The zero-order valence-electron chi connectivity index (χ0n) is 17.6. The van der Waals surface area contributed by atoms with Gasteiger partial charge in [-0.1, -0.05) is 96.7 Å². The molecule has 0 aromatic heterocycles. The summed E-state index contributed by atoms with van der Waals surface area (Å²) < 4.78 is 13.6. The van der Waals surface area contributed by atoms with Crippen LogP contribution in [0, 0.1) is 10.8 Å². The van der Waals surface area contributed by atoms with E-state index >= 15 is 0 Å². The molecule has 5 unspecified atom stereocenters. The molecule has 1 saturated heterocycles. The Bertz CT molecular complexity index is 438. The average Bonchev–Trinajstić information content (AvgIpc) is 2.49. The second-order valence-corrected chi connectivity index (χ2v) is 31.8. The quantitative estimate of drug-likeness (QED) is 0.348. The summed E-state index contributed by atoms with van der Waals surface area (Å²) in [4.78, 5) is 0.939. The molecule has 23 heavy (non-hydrogen) atoms. The van der Waals surface area contributed by atoms with Crippen molar-refractivity contribution >= 4 is 39.8 Å². The van der Waals surface area contributed by atoms with Crippen LogP contribution >= 0.6 is 23.7 Å². The molecule has 0 bridgehead atoms. The maximum atomic E-state index is 13.6. The Kier molecular flexibility index (Phi) is 6.79. The van der Waals surface area contributed by atoms with Gasteiger partial charge >= 0.3 is 0 Å². The minimum atomic E-state index is -1.52. The van der Waals surface area contributed by atoms with Crippen molar-refractivity contribution in [2.24, 2.45) is 10.8 Å². The normalized spacial score (nSPS) is 32.0. The van der Waals surface area contributed by atoms with Crippen molar-refractivity contribution in [3.05, 3.63) is 0 Å². The first-order chi connectivity index (χ1) is 9.88. The fourth-order valence-corrected chi connectivity index (χ4v) is 47.5. The molecule has 1 nitrogen and oxygen atoms in total. The number of hydrogen-bond acceptors (Lipinski definition) is 1. The average molecular weight is 411 g/mol. The monoisotopic (exact) mass is 410 g/mol. The third-order valence-electron chi connectivity index (χ3n) is 4.72. The molecule has 0 amide bonds. The Morgan fingerprint density at radius 2 is 1.26 bits per heavy atom. The van der Waals surface area contributed by atoms with Gasteiger partial charge in [0.05, 0.1) is 7.80 Å². The number of hydrogen-bond donors (Lipinski definition) is 0. The van der Waals surface area contributed by atoms with Gasteiger partial charge in [0.2, 0.25) is 0 Å². The van der Waals surface area contributed by atoms with E-state index in [0.29, 0.717) is 10.8 Å². The van der Waals surface area contributed by atoms with Crippen LogP contribution in [0.15, 0.2) is 0 Å². The molecule has 0 radical (unpaired) electrons. The summed E-state index contributed by atoms with van der Waals surface area (Å²) in [5.41, 5.74) is 0.408. The molecule has 0 saturated carbocycles. The van der Waals surface area contributed by atoms with E-state index in [1.54, 1.807) is 0 Å². The lowest BCUT2D eigenvalue weighted by atomic mass is 9.99. The van der Waals surface area contributed by atoms with Gasteiger partial charge in [0.1, 0.15) is 0 Å². The highest BCUT2D eigenvalue weighted by Crippen LogP contribution is 2.86. The molecule has 1 heterocycles. The van der Waals surface area contributed by atoms with Gasteiger partial charge in [-0.15, -0.1) is 0 Å². The van der Waals surface area contributed by atoms with Gasteiger partial charge in [0.15, 0.2) is 0 Å². The summed E-state index contributed by atoms with van der Waals surface area (Å²) in [7, 11) is -3.15. The Morgan fingerprint density at radius 1 is 0.870 bits per heavy atom. The van der Waals surface area contributed by atoms with Crippen LogP contribution in [0.4, 0.5) is 0 Å². The molecular weight excluding hydrogens is 369 g/mol. The van der Waals surface area contributed by atoms with Crippen LogP contribution in [0.1, 0.15) is 41.5 Å². The highest BCUT2D eigenvalue weighted by molar-refractivity contribution is 8.30. The van der Waals surface area contributed by atoms with Crippen LogP contribution in [-0.2, 0) is 4.57 Å². The summed E-state index contributed by atoms with van der Waals surface area (Å²) >= 11 is 0. The lowest BCUT2D eigenvalue weighted by Gasteiger charge is -2.47. The zero-order valence-corrected chi connectivity index (χ0v) is 22.5. The van der Waals surface area contributed by atoms with Crippen molar-refractivity contribution in [1.29, 1.82) is 0 Å². The standard InChI is InChI=1S/C17H41OP3Si2/c1-16(2,3)13-19-21(14(20(13)18)17(4,5)6)15(22(7,8)9)23(10,11)12/h13-15,19-20H,1-12H3. The van der Waals surface area contributed by atoms with Crippen LogP contribution in [0.3, 0.4) is 0 Å². The van der Waals surface area contributed by atoms with E-state index < -0.39 is 23.9 Å². The maximum Gasteiger partial charge on any atom is 0.0916 e. The van der Waals surface area contributed by atoms with Crippen molar-refractivity contribution in [3.8, 4) is 0 Å². The minimum Gasteiger partial charge on any atom is -0.325 e. The molecule has 1 rings (SSSR count). The van der Waals surface area contributed by atoms with E-state index in [1.807, 2.05) is 0 Å². The van der Waals surface area contributed by atoms with E-state index in [2.05, 4.69) is 80.8 Å². The SMILES string of the molecule is CC(C)(C)C1PP(C([Si](C)(C)C)[Si](C)(C)C)C(C(C)(C)C)[PH]1=O. The molecule has 0 aromatic rings. The molecule has 0 aromatic carbocycles. The van der Waals surface area contributed by atoms with Gasteiger partial charge < -0.3 is 4.57 Å². The predicted molar refractivity (Wildman–Crippen MR) is 121 cm³/mol. The summed E-state index contributed by atoms with van der Waals surface area (Å²) in [5, 5.41) is 0.992. The molecular formula is C17H41OP3Si2. The van der Waals surface area contributed by atoms with Crippen LogP contribution in [0.2, 0.25) is 39.3 Å². The smallest absolute Gasteiger partial charge is 0.0916 e. The largest absolute Gasteiger partial charge is 0.325 e. The molecule has 0 N–H and O–H groups in total. The first-order valence-electron chi connectivity index (χ1n) is 8.96. The highest BCUT2D eigenvalue weighted by Gasteiger charge is 2.56. The van der Waals surface area contributed by atoms with Crippen LogP contribution < -0.4 is 0 Å². The topological polar surface area (TPSA) is 17.1 Å². The third kappa shape index (κ3) is 5.26. The molecule has 0 spiro atoms. The van der Waals surface area contributed by atoms with Gasteiger partial charge in [-0.2, -0.15) is 0 Å². The van der Waals surface area contributed by atoms with E-state index in [4.69, 9.17) is 0 Å². The molecule has 1 aliphatic heterocycles. The van der Waals surface area contributed by atoms with Gasteiger partial charge in [0, 0.05) is 26.9 Å². The Labute approximate surface area is 151 Å². The van der Waals surface area contributed by atoms with E-state index in [9.17, 15) is 4.57 Å². The van der Waals surface area contributed by atoms with Crippen molar-refractivity contribution in [2.75, 3.05) is 0 Å². The number of rotatable bonds is 3. The lowest BCUT2D eigenvalue weighted by molar-refractivity contribution is 0.421. The molecule has 5 atom stereocenters. The first kappa shape index (κ1) is 22.6. The molecule has 1 fully saturated rings. The van der Waals surface area contributed by atoms with Gasteiger partial charge in [0.25, 0.3) is 0 Å². The lowest BCUT2D eigenvalue weighted by Crippen LogP contribution is -2.53. The zero-order chi connectivity index (χ0) is 18.6. The van der Waals surface area contributed by atoms with Gasteiger partial charge in [-0.25, -0.2) is 0 Å². The molecule has 6 heteroatoms. The summed E-state index contributed by atoms with van der Waals surface area (Å²) in [6.07, 6.45) is 0. The Hall–Kier alpha value is 1.52. The van der Waals surface area contributed by atoms with Crippen molar-refractivity contribution in [3.63, 3.8) is 0 Å². The molecule has 1 aliphatic rings. The van der Waals surface area contributed by atoms with E-state index in [0.717, 1.165) is 13.2 Å². The summed E-state index contributed by atoms with van der Waals surface area (Å²) in [6.45, 7) is 29.5. The summed E-state index contributed by atoms with van der Waals surface area (Å²) in [6, 6.07) is 0. The Morgan fingerprint density at radius 3 is 1.52 bits per heavy atom.